The van der Waals surface area contributed by atoms with Crippen LogP contribution in [0.2, 0.25) is 0 Å². The van der Waals surface area contributed by atoms with Gasteiger partial charge in [0.05, 0.1) is 0 Å². The third kappa shape index (κ3) is 3.28. The van der Waals surface area contributed by atoms with Gasteiger partial charge in [-0.05, 0) is 36.3 Å². The van der Waals surface area contributed by atoms with Gasteiger partial charge in [0.25, 0.3) is 0 Å². The zero-order valence-corrected chi connectivity index (χ0v) is 12.2. The van der Waals surface area contributed by atoms with Crippen molar-refractivity contribution in [1.82, 2.24) is 5.43 Å². The molecule has 0 fully saturated rings. The summed E-state index contributed by atoms with van der Waals surface area (Å²) in [7, 11) is 0. The molecule has 0 bridgehead atoms. The van der Waals surface area contributed by atoms with Gasteiger partial charge in [0.15, 0.2) is 0 Å². The molecule has 2 rings (SSSR count). The third-order valence-corrected chi connectivity index (χ3v) is 5.42. The standard InChI is InChI=1S/C15H24N2S/c1-3-11(2)18-10-14(17-16)9-13-8-12-6-4-5-7-15(12)13/h4-7,11,13-14,17H,3,8-10,16H2,1-2H3. The van der Waals surface area contributed by atoms with Gasteiger partial charge >= 0.3 is 0 Å². The minimum atomic E-state index is 0.433. The lowest BCUT2D eigenvalue weighted by molar-refractivity contribution is 0.451. The summed E-state index contributed by atoms with van der Waals surface area (Å²) in [5, 5.41) is 0.731. The smallest absolute Gasteiger partial charge is 0.0307 e. The number of hydrogen-bond acceptors (Lipinski definition) is 3. The Morgan fingerprint density at radius 3 is 2.89 bits per heavy atom. The number of nitrogens with one attached hydrogen (secondary N) is 1. The molecule has 0 spiro atoms. The lowest BCUT2D eigenvalue weighted by Gasteiger charge is -2.33. The number of fused-ring (bicyclic) bond motifs is 1. The minimum Gasteiger partial charge on any atom is -0.271 e. The molecule has 18 heavy (non-hydrogen) atoms. The number of benzene rings is 1. The second-order valence-corrected chi connectivity index (χ2v) is 6.72. The largest absolute Gasteiger partial charge is 0.271 e. The van der Waals surface area contributed by atoms with Gasteiger partial charge in [0, 0.05) is 17.0 Å². The van der Waals surface area contributed by atoms with Gasteiger partial charge in [0.2, 0.25) is 0 Å². The summed E-state index contributed by atoms with van der Waals surface area (Å²) in [6.45, 7) is 4.53. The summed E-state index contributed by atoms with van der Waals surface area (Å²) in [5.74, 6) is 7.51. The van der Waals surface area contributed by atoms with Crippen LogP contribution in [0.3, 0.4) is 0 Å². The van der Waals surface area contributed by atoms with Crippen molar-refractivity contribution in [2.45, 2.75) is 50.3 Å². The van der Waals surface area contributed by atoms with E-state index in [0.717, 1.165) is 17.4 Å². The maximum absolute atomic E-state index is 5.68. The molecule has 0 saturated carbocycles. The first-order valence-electron chi connectivity index (χ1n) is 6.90. The molecule has 0 saturated heterocycles. The Labute approximate surface area is 115 Å². The van der Waals surface area contributed by atoms with E-state index in [1.54, 1.807) is 0 Å². The predicted octanol–water partition coefficient (Wildman–Crippen LogP) is 3.08. The van der Waals surface area contributed by atoms with Crippen LogP contribution in [0.15, 0.2) is 24.3 Å². The van der Waals surface area contributed by atoms with Gasteiger partial charge in [-0.1, -0.05) is 38.1 Å². The molecule has 3 N–H and O–H groups in total. The first kappa shape index (κ1) is 13.9. The maximum Gasteiger partial charge on any atom is 0.0307 e. The van der Waals surface area contributed by atoms with E-state index in [-0.39, 0.29) is 0 Å². The fourth-order valence-corrected chi connectivity index (χ4v) is 3.53. The molecule has 0 amide bonds. The lowest BCUT2D eigenvalue weighted by Crippen LogP contribution is -2.40. The van der Waals surface area contributed by atoms with Crippen LogP contribution in [0.5, 0.6) is 0 Å². The first-order chi connectivity index (χ1) is 8.74. The lowest BCUT2D eigenvalue weighted by atomic mass is 9.75. The average molecular weight is 264 g/mol. The second kappa shape index (κ2) is 6.60. The Balaban J connectivity index is 1.82. The molecule has 1 aliphatic rings. The average Bonchev–Trinajstić information content (AvgIpc) is 2.39. The quantitative estimate of drug-likeness (QED) is 0.587. The van der Waals surface area contributed by atoms with E-state index in [1.807, 2.05) is 11.8 Å². The highest BCUT2D eigenvalue weighted by molar-refractivity contribution is 7.99. The maximum atomic E-state index is 5.68. The summed E-state index contributed by atoms with van der Waals surface area (Å²) >= 11 is 2.02. The van der Waals surface area contributed by atoms with Crippen molar-refractivity contribution in [3.63, 3.8) is 0 Å². The molecule has 0 aliphatic heterocycles. The van der Waals surface area contributed by atoms with Gasteiger partial charge in [-0.3, -0.25) is 11.3 Å². The summed E-state index contributed by atoms with van der Waals surface area (Å²) in [6.07, 6.45) is 3.62. The van der Waals surface area contributed by atoms with Crippen LogP contribution >= 0.6 is 11.8 Å². The monoisotopic (exact) mass is 264 g/mol. The number of thioether (sulfide) groups is 1. The Bertz CT molecular complexity index is 381. The van der Waals surface area contributed by atoms with Gasteiger partial charge in [-0.2, -0.15) is 11.8 Å². The van der Waals surface area contributed by atoms with Crippen LogP contribution in [-0.4, -0.2) is 17.0 Å². The van der Waals surface area contributed by atoms with Crippen LogP contribution in [-0.2, 0) is 6.42 Å². The molecular formula is C15H24N2S. The molecular weight excluding hydrogens is 240 g/mol. The molecule has 1 aromatic carbocycles. The van der Waals surface area contributed by atoms with Crippen molar-refractivity contribution in [2.24, 2.45) is 5.84 Å². The predicted molar refractivity (Wildman–Crippen MR) is 80.8 cm³/mol. The Morgan fingerprint density at radius 1 is 1.44 bits per heavy atom. The first-order valence-corrected chi connectivity index (χ1v) is 7.95. The number of nitrogens with two attached hydrogens (primary N) is 1. The molecule has 3 unspecified atom stereocenters. The Kier molecular flexibility index (Phi) is 5.10. The van der Waals surface area contributed by atoms with E-state index in [9.17, 15) is 0 Å². The molecule has 0 heterocycles. The normalized spacial score (nSPS) is 20.9. The summed E-state index contributed by atoms with van der Waals surface area (Å²) in [6, 6.07) is 9.21. The Hall–Kier alpha value is -0.510. The number of hydrazine groups is 1. The topological polar surface area (TPSA) is 38.0 Å². The van der Waals surface area contributed by atoms with Crippen molar-refractivity contribution in [2.75, 3.05) is 5.75 Å². The van der Waals surface area contributed by atoms with Gasteiger partial charge in [-0.15, -0.1) is 0 Å². The van der Waals surface area contributed by atoms with E-state index >= 15 is 0 Å². The van der Waals surface area contributed by atoms with E-state index in [1.165, 1.54) is 24.0 Å². The van der Waals surface area contributed by atoms with Crippen LogP contribution in [0, 0.1) is 0 Å². The Morgan fingerprint density at radius 2 is 2.22 bits per heavy atom. The van der Waals surface area contributed by atoms with Gasteiger partial charge in [-0.25, -0.2) is 0 Å². The van der Waals surface area contributed by atoms with E-state index < -0.39 is 0 Å². The molecule has 3 atom stereocenters. The highest BCUT2D eigenvalue weighted by Gasteiger charge is 2.27. The second-order valence-electron chi connectivity index (χ2n) is 5.25. The molecule has 0 radical (unpaired) electrons. The minimum absolute atomic E-state index is 0.433. The fourth-order valence-electron chi connectivity index (χ4n) is 2.50. The van der Waals surface area contributed by atoms with Crippen molar-refractivity contribution in [3.05, 3.63) is 35.4 Å². The number of rotatable bonds is 7. The molecule has 2 nitrogen and oxygen atoms in total. The summed E-state index contributed by atoms with van der Waals surface area (Å²) in [5.41, 5.74) is 6.05. The molecule has 1 aliphatic carbocycles. The zero-order valence-electron chi connectivity index (χ0n) is 11.4. The van der Waals surface area contributed by atoms with E-state index in [0.29, 0.717) is 12.0 Å². The van der Waals surface area contributed by atoms with Crippen LogP contribution in [0.1, 0.15) is 43.7 Å². The van der Waals surface area contributed by atoms with Crippen molar-refractivity contribution >= 4 is 11.8 Å². The highest BCUT2D eigenvalue weighted by Crippen LogP contribution is 2.38. The zero-order chi connectivity index (χ0) is 13.0. The van der Waals surface area contributed by atoms with E-state index in [4.69, 9.17) is 5.84 Å². The van der Waals surface area contributed by atoms with Crippen molar-refractivity contribution < 1.29 is 0 Å². The molecule has 0 aromatic heterocycles. The van der Waals surface area contributed by atoms with Crippen molar-refractivity contribution in [1.29, 1.82) is 0 Å². The van der Waals surface area contributed by atoms with Crippen LogP contribution in [0.4, 0.5) is 0 Å². The summed E-state index contributed by atoms with van der Waals surface area (Å²) < 4.78 is 0. The fraction of sp³-hybridized carbons (Fsp3) is 0.600. The SMILES string of the molecule is CCC(C)SCC(CC1Cc2ccccc21)NN. The van der Waals surface area contributed by atoms with Crippen LogP contribution < -0.4 is 11.3 Å². The van der Waals surface area contributed by atoms with Gasteiger partial charge in [0.1, 0.15) is 0 Å². The highest BCUT2D eigenvalue weighted by atomic mass is 32.2. The van der Waals surface area contributed by atoms with E-state index in [2.05, 4.69) is 43.5 Å². The number of hydrogen-bond donors (Lipinski definition) is 2. The summed E-state index contributed by atoms with van der Waals surface area (Å²) in [4.78, 5) is 0. The molecule has 3 heteroatoms. The molecule has 1 aromatic rings. The van der Waals surface area contributed by atoms with Gasteiger partial charge < -0.3 is 0 Å². The van der Waals surface area contributed by atoms with Crippen molar-refractivity contribution in [3.8, 4) is 0 Å². The third-order valence-electron chi connectivity index (χ3n) is 3.92. The van der Waals surface area contributed by atoms with Crippen LogP contribution in [0.25, 0.3) is 0 Å². The molecule has 100 valence electrons.